The van der Waals surface area contributed by atoms with Crippen LogP contribution in [0.25, 0.3) is 22.2 Å². The molecule has 3 aromatic rings. The van der Waals surface area contributed by atoms with Crippen LogP contribution < -0.4 is 14.8 Å². The Hall–Kier alpha value is -2.42. The Morgan fingerprint density at radius 3 is 2.31 bits per heavy atom. The number of halogens is 4. The van der Waals surface area contributed by atoms with E-state index >= 15 is 0 Å². The lowest BCUT2D eigenvalue weighted by Crippen LogP contribution is -2.26. The summed E-state index contributed by atoms with van der Waals surface area (Å²) in [6.07, 6.45) is -5.57. The number of aliphatic hydroxyl groups excluding tert-OH is 1. The van der Waals surface area contributed by atoms with E-state index in [-0.39, 0.29) is 29.6 Å². The van der Waals surface area contributed by atoms with E-state index in [0.717, 1.165) is 31.5 Å². The van der Waals surface area contributed by atoms with Crippen molar-refractivity contribution >= 4 is 23.3 Å². The van der Waals surface area contributed by atoms with Crippen molar-refractivity contribution in [3.63, 3.8) is 0 Å². The molecule has 0 spiro atoms. The van der Waals surface area contributed by atoms with Gasteiger partial charge >= 0.3 is 6.18 Å². The maximum Gasteiger partial charge on any atom is 0.418 e. The normalized spacial score (nSPS) is 15.9. The minimum Gasteiger partial charge on any atom is -0.493 e. The Balaban J connectivity index is 0.00000289. The fourth-order valence-electron chi connectivity index (χ4n) is 4.31. The molecule has 32 heavy (non-hydrogen) atoms. The standard InChI is InChI=1S/C23H25F3N2O3.ClH/c1-30-18-6-4-15(12-19(18)31-2)21-20(22(29)23(24,25)26)16-11-14(3-5-17(16)28-21)13-7-9-27-10-8-13;/h3-6,11-13,22,27-29H,7-10H2,1-2H3;1H. The van der Waals surface area contributed by atoms with Gasteiger partial charge in [-0.3, -0.25) is 0 Å². The van der Waals surface area contributed by atoms with Gasteiger partial charge in [0.25, 0.3) is 0 Å². The van der Waals surface area contributed by atoms with E-state index in [4.69, 9.17) is 9.47 Å². The molecule has 1 saturated heterocycles. The van der Waals surface area contributed by atoms with Crippen molar-refractivity contribution in [3.8, 4) is 22.8 Å². The monoisotopic (exact) mass is 470 g/mol. The number of methoxy groups -OCH3 is 2. The third-order valence-corrected chi connectivity index (χ3v) is 5.93. The molecule has 3 N–H and O–H groups in total. The number of H-pyrrole nitrogens is 1. The number of fused-ring (bicyclic) bond motifs is 1. The van der Waals surface area contributed by atoms with Crippen LogP contribution in [0, 0.1) is 0 Å². The number of aromatic amines is 1. The molecule has 5 nitrogen and oxygen atoms in total. The zero-order chi connectivity index (χ0) is 22.2. The summed E-state index contributed by atoms with van der Waals surface area (Å²) >= 11 is 0. The number of alkyl halides is 3. The third kappa shape index (κ3) is 4.53. The number of hydrogen-bond acceptors (Lipinski definition) is 4. The van der Waals surface area contributed by atoms with Crippen molar-refractivity contribution in [1.82, 2.24) is 10.3 Å². The fraction of sp³-hybridized carbons (Fsp3) is 0.391. The number of nitrogens with one attached hydrogen (secondary N) is 2. The van der Waals surface area contributed by atoms with Gasteiger partial charge in [-0.05, 0) is 67.7 Å². The predicted molar refractivity (Wildman–Crippen MR) is 120 cm³/mol. The molecule has 0 aliphatic carbocycles. The van der Waals surface area contributed by atoms with Gasteiger partial charge in [0.05, 0.1) is 19.9 Å². The van der Waals surface area contributed by atoms with E-state index in [1.165, 1.54) is 14.2 Å². The number of aromatic nitrogens is 1. The first-order valence-electron chi connectivity index (χ1n) is 10.2. The van der Waals surface area contributed by atoms with Crippen LogP contribution in [0.5, 0.6) is 11.5 Å². The molecule has 1 atom stereocenters. The first kappa shape index (κ1) is 24.2. The number of ether oxygens (including phenoxy) is 2. The lowest BCUT2D eigenvalue weighted by atomic mass is 9.88. The average Bonchev–Trinajstić information content (AvgIpc) is 3.16. The largest absolute Gasteiger partial charge is 0.493 e. The SMILES string of the molecule is COc1ccc(-c2[nH]c3ccc(C4CCNCC4)cc3c2C(O)C(F)(F)F)cc1OC.Cl. The fourth-order valence-corrected chi connectivity index (χ4v) is 4.31. The summed E-state index contributed by atoms with van der Waals surface area (Å²) in [7, 11) is 2.95. The Morgan fingerprint density at radius 2 is 1.69 bits per heavy atom. The number of aliphatic hydroxyl groups is 1. The molecule has 2 heterocycles. The van der Waals surface area contributed by atoms with E-state index in [0.29, 0.717) is 28.0 Å². The summed E-state index contributed by atoms with van der Waals surface area (Å²) in [5.41, 5.74) is 2.03. The highest BCUT2D eigenvalue weighted by molar-refractivity contribution is 5.92. The Morgan fingerprint density at radius 1 is 1.00 bits per heavy atom. The van der Waals surface area contributed by atoms with E-state index in [1.807, 2.05) is 6.07 Å². The van der Waals surface area contributed by atoms with Crippen LogP contribution in [0.15, 0.2) is 36.4 Å². The van der Waals surface area contributed by atoms with E-state index < -0.39 is 12.3 Å². The smallest absolute Gasteiger partial charge is 0.418 e. The van der Waals surface area contributed by atoms with E-state index in [2.05, 4.69) is 10.3 Å². The molecule has 9 heteroatoms. The molecule has 1 aliphatic heterocycles. The molecule has 0 saturated carbocycles. The number of benzene rings is 2. The van der Waals surface area contributed by atoms with Gasteiger partial charge in [-0.15, -0.1) is 12.4 Å². The Kier molecular flexibility index (Phi) is 7.27. The molecule has 4 rings (SSSR count). The quantitative estimate of drug-likeness (QED) is 0.471. The first-order chi connectivity index (χ1) is 14.8. The van der Waals surface area contributed by atoms with Crippen molar-refractivity contribution < 1.29 is 27.8 Å². The van der Waals surface area contributed by atoms with Crippen LogP contribution in [-0.2, 0) is 0 Å². The molecule has 174 valence electrons. The topological polar surface area (TPSA) is 66.5 Å². The Labute approximate surface area is 190 Å². The molecule has 0 radical (unpaired) electrons. The summed E-state index contributed by atoms with van der Waals surface area (Å²) in [5, 5.41) is 14.0. The minimum absolute atomic E-state index is 0. The minimum atomic E-state index is -4.80. The van der Waals surface area contributed by atoms with Gasteiger partial charge < -0.3 is 24.9 Å². The molecule has 2 aromatic carbocycles. The summed E-state index contributed by atoms with van der Waals surface area (Å²) in [5.74, 6) is 1.14. The van der Waals surface area contributed by atoms with Crippen molar-refractivity contribution in [1.29, 1.82) is 0 Å². The molecule has 1 fully saturated rings. The van der Waals surface area contributed by atoms with Crippen LogP contribution in [0.1, 0.15) is 36.0 Å². The van der Waals surface area contributed by atoms with Gasteiger partial charge in [-0.2, -0.15) is 13.2 Å². The summed E-state index contributed by atoms with van der Waals surface area (Å²) < 4.78 is 51.5. The zero-order valence-electron chi connectivity index (χ0n) is 17.8. The third-order valence-electron chi connectivity index (χ3n) is 5.93. The van der Waals surface area contributed by atoms with Crippen LogP contribution in [0.3, 0.4) is 0 Å². The molecule has 0 bridgehead atoms. The van der Waals surface area contributed by atoms with Crippen molar-refractivity contribution in [3.05, 3.63) is 47.5 Å². The Bertz CT molecular complexity index is 1080. The highest BCUT2D eigenvalue weighted by Crippen LogP contribution is 2.44. The summed E-state index contributed by atoms with van der Waals surface area (Å²) in [6, 6.07) is 10.4. The van der Waals surface area contributed by atoms with Gasteiger partial charge in [-0.1, -0.05) is 6.07 Å². The molecule has 1 unspecified atom stereocenters. The van der Waals surface area contributed by atoms with Gasteiger partial charge in [0.2, 0.25) is 0 Å². The maximum atomic E-state index is 13.6. The summed E-state index contributed by atoms with van der Waals surface area (Å²) in [6.45, 7) is 1.76. The second kappa shape index (κ2) is 9.60. The van der Waals surface area contributed by atoms with Crippen LogP contribution in [0.4, 0.5) is 13.2 Å². The van der Waals surface area contributed by atoms with Gasteiger partial charge in [0, 0.05) is 22.0 Å². The molecule has 0 amide bonds. The zero-order valence-corrected chi connectivity index (χ0v) is 18.6. The summed E-state index contributed by atoms with van der Waals surface area (Å²) in [4.78, 5) is 3.08. The second-order valence-corrected chi connectivity index (χ2v) is 7.76. The first-order valence-corrected chi connectivity index (χ1v) is 10.2. The maximum absolute atomic E-state index is 13.6. The number of piperidine rings is 1. The van der Waals surface area contributed by atoms with Gasteiger partial charge in [-0.25, -0.2) is 0 Å². The van der Waals surface area contributed by atoms with Crippen molar-refractivity contribution in [2.45, 2.75) is 31.0 Å². The lowest BCUT2D eigenvalue weighted by molar-refractivity contribution is -0.206. The lowest BCUT2D eigenvalue weighted by Gasteiger charge is -2.23. The molecular weight excluding hydrogens is 445 g/mol. The molecule has 1 aromatic heterocycles. The van der Waals surface area contributed by atoms with Crippen LogP contribution >= 0.6 is 12.4 Å². The van der Waals surface area contributed by atoms with Gasteiger partial charge in [0.15, 0.2) is 17.6 Å². The van der Waals surface area contributed by atoms with E-state index in [1.54, 1.807) is 30.3 Å². The van der Waals surface area contributed by atoms with Crippen LogP contribution in [-0.4, -0.2) is 43.6 Å². The second-order valence-electron chi connectivity index (χ2n) is 7.76. The average molecular weight is 471 g/mol. The predicted octanol–water partition coefficient (Wildman–Crippen LogP) is 5.34. The van der Waals surface area contributed by atoms with E-state index in [9.17, 15) is 18.3 Å². The highest BCUT2D eigenvalue weighted by Gasteiger charge is 2.42. The number of hydrogen-bond donors (Lipinski definition) is 3. The highest BCUT2D eigenvalue weighted by atomic mass is 35.5. The number of rotatable bonds is 5. The van der Waals surface area contributed by atoms with Crippen molar-refractivity contribution in [2.24, 2.45) is 0 Å². The van der Waals surface area contributed by atoms with Crippen molar-refractivity contribution in [2.75, 3.05) is 27.3 Å². The molecule has 1 aliphatic rings. The van der Waals surface area contributed by atoms with Gasteiger partial charge in [0.1, 0.15) is 0 Å². The van der Waals surface area contributed by atoms with Crippen LogP contribution in [0.2, 0.25) is 0 Å². The molecular formula is C23H26ClF3N2O3.